The molecule has 1 aromatic carbocycles. The minimum absolute atomic E-state index is 0.185. The fourth-order valence-electron chi connectivity index (χ4n) is 1.47. The van der Waals surface area contributed by atoms with Gasteiger partial charge in [0.05, 0.1) is 18.1 Å². The molecule has 2 aromatic rings. The lowest BCUT2D eigenvalue weighted by Gasteiger charge is -2.03. The van der Waals surface area contributed by atoms with Crippen LogP contribution in [0.25, 0.3) is 10.8 Å². The maximum Gasteiger partial charge on any atom is 0.255 e. The molecule has 0 aliphatic heterocycles. The molecule has 0 bridgehead atoms. The van der Waals surface area contributed by atoms with E-state index in [4.69, 9.17) is 10.00 Å². The van der Waals surface area contributed by atoms with Crippen LogP contribution in [0.15, 0.2) is 29.2 Å². The molecule has 0 atom stereocenters. The van der Waals surface area contributed by atoms with E-state index in [-0.39, 0.29) is 5.56 Å². The van der Waals surface area contributed by atoms with Crippen LogP contribution in [-0.4, -0.2) is 12.1 Å². The summed E-state index contributed by atoms with van der Waals surface area (Å²) in [7, 11) is 1.47. The predicted molar refractivity (Wildman–Crippen MR) is 55.8 cm³/mol. The van der Waals surface area contributed by atoms with E-state index in [9.17, 15) is 4.79 Å². The largest absolute Gasteiger partial charge is 0.495 e. The topological polar surface area (TPSA) is 65.9 Å². The number of H-pyrrole nitrogens is 1. The third-order valence-electron chi connectivity index (χ3n) is 2.21. The first kappa shape index (κ1) is 9.28. The molecule has 0 aliphatic carbocycles. The van der Waals surface area contributed by atoms with Crippen LogP contribution >= 0.6 is 0 Å². The van der Waals surface area contributed by atoms with E-state index in [1.54, 1.807) is 24.4 Å². The normalized spacial score (nSPS) is 9.87. The van der Waals surface area contributed by atoms with Crippen molar-refractivity contribution < 1.29 is 4.74 Å². The first-order valence-electron chi connectivity index (χ1n) is 4.36. The van der Waals surface area contributed by atoms with E-state index >= 15 is 0 Å². The summed E-state index contributed by atoms with van der Waals surface area (Å²) < 4.78 is 5.02. The highest BCUT2D eigenvalue weighted by Crippen LogP contribution is 2.22. The van der Waals surface area contributed by atoms with Gasteiger partial charge in [-0.05, 0) is 23.6 Å². The summed E-state index contributed by atoms with van der Waals surface area (Å²) >= 11 is 0. The average molecular weight is 200 g/mol. The van der Waals surface area contributed by atoms with E-state index in [1.807, 2.05) is 6.07 Å². The van der Waals surface area contributed by atoms with Gasteiger partial charge in [-0.25, -0.2) is 0 Å². The Morgan fingerprint density at radius 2 is 2.27 bits per heavy atom. The van der Waals surface area contributed by atoms with E-state index in [2.05, 4.69) is 4.98 Å². The van der Waals surface area contributed by atoms with Crippen molar-refractivity contribution in [1.82, 2.24) is 4.98 Å². The molecule has 0 saturated heterocycles. The second kappa shape index (κ2) is 3.46. The third-order valence-corrected chi connectivity index (χ3v) is 2.21. The number of methoxy groups -OCH3 is 1. The van der Waals surface area contributed by atoms with Crippen LogP contribution in [-0.2, 0) is 0 Å². The van der Waals surface area contributed by atoms with Crippen molar-refractivity contribution in [2.45, 2.75) is 0 Å². The van der Waals surface area contributed by atoms with Gasteiger partial charge in [0.1, 0.15) is 11.8 Å². The second-order valence-corrected chi connectivity index (χ2v) is 3.06. The van der Waals surface area contributed by atoms with Crippen molar-refractivity contribution in [3.05, 3.63) is 40.3 Å². The molecule has 15 heavy (non-hydrogen) atoms. The molecule has 0 fully saturated rings. The highest BCUT2D eigenvalue weighted by molar-refractivity contribution is 5.84. The molecule has 4 nitrogen and oxygen atoms in total. The fourth-order valence-corrected chi connectivity index (χ4v) is 1.47. The zero-order valence-electron chi connectivity index (χ0n) is 8.07. The fraction of sp³-hybridized carbons (Fsp3) is 0.0909. The number of nitrogens with zero attached hydrogens (tertiary/aromatic N) is 1. The molecule has 0 saturated carbocycles. The Balaban J connectivity index is 2.89. The number of ether oxygens (including phenoxy) is 1. The lowest BCUT2D eigenvalue weighted by Crippen LogP contribution is -2.04. The standard InChI is InChI=1S/C11H8N2O2/c1-15-10-5-9-7(4-8(10)6-12)2-3-13-11(9)14/h2-5H,1H3,(H,13,14). The lowest BCUT2D eigenvalue weighted by molar-refractivity contribution is 0.414. The molecule has 4 heteroatoms. The molecule has 0 aliphatic rings. The van der Waals surface area contributed by atoms with Gasteiger partial charge in [-0.15, -0.1) is 0 Å². The summed E-state index contributed by atoms with van der Waals surface area (Å²) in [5.41, 5.74) is 0.242. The predicted octanol–water partition coefficient (Wildman–Crippen LogP) is 1.41. The molecule has 74 valence electrons. The highest BCUT2D eigenvalue weighted by atomic mass is 16.5. The summed E-state index contributed by atoms with van der Waals surface area (Å²) in [5, 5.41) is 10.1. The third kappa shape index (κ3) is 1.44. The van der Waals surface area contributed by atoms with Gasteiger partial charge in [-0.3, -0.25) is 4.79 Å². The number of nitrogens with one attached hydrogen (secondary N) is 1. The summed E-state index contributed by atoms with van der Waals surface area (Å²) in [6.45, 7) is 0. The van der Waals surface area contributed by atoms with Crippen LogP contribution in [0.3, 0.4) is 0 Å². The Hall–Kier alpha value is -2.28. The van der Waals surface area contributed by atoms with Gasteiger partial charge in [-0.1, -0.05) is 0 Å². The smallest absolute Gasteiger partial charge is 0.255 e. The maximum atomic E-state index is 11.5. The molecule has 0 amide bonds. The van der Waals surface area contributed by atoms with E-state index in [1.165, 1.54) is 7.11 Å². The number of benzene rings is 1. The number of nitriles is 1. The van der Waals surface area contributed by atoms with Crippen molar-refractivity contribution in [2.75, 3.05) is 7.11 Å². The van der Waals surface area contributed by atoms with Crippen LogP contribution in [0.5, 0.6) is 5.75 Å². The molecular weight excluding hydrogens is 192 g/mol. The average Bonchev–Trinajstić information content (AvgIpc) is 2.28. The van der Waals surface area contributed by atoms with Gasteiger partial charge in [-0.2, -0.15) is 5.26 Å². The Labute approximate surface area is 85.7 Å². The maximum absolute atomic E-state index is 11.5. The van der Waals surface area contributed by atoms with Crippen LogP contribution in [0.4, 0.5) is 0 Å². The molecule has 0 radical (unpaired) electrons. The highest BCUT2D eigenvalue weighted by Gasteiger charge is 2.06. The monoisotopic (exact) mass is 200 g/mol. The Morgan fingerprint density at radius 1 is 1.47 bits per heavy atom. The minimum Gasteiger partial charge on any atom is -0.495 e. The van der Waals surface area contributed by atoms with Gasteiger partial charge < -0.3 is 9.72 Å². The molecule has 1 N–H and O–H groups in total. The molecule has 0 spiro atoms. The molecule has 1 aromatic heterocycles. The quantitative estimate of drug-likeness (QED) is 0.756. The Bertz CT molecular complexity index is 608. The van der Waals surface area contributed by atoms with Gasteiger partial charge in [0, 0.05) is 6.20 Å². The van der Waals surface area contributed by atoms with Crippen molar-refractivity contribution in [3.63, 3.8) is 0 Å². The number of rotatable bonds is 1. The summed E-state index contributed by atoms with van der Waals surface area (Å²) in [5.74, 6) is 0.418. The van der Waals surface area contributed by atoms with Crippen LogP contribution in [0.1, 0.15) is 5.56 Å². The van der Waals surface area contributed by atoms with Crippen molar-refractivity contribution in [1.29, 1.82) is 5.26 Å². The van der Waals surface area contributed by atoms with Gasteiger partial charge in [0.25, 0.3) is 5.56 Å². The van der Waals surface area contributed by atoms with Crippen molar-refractivity contribution in [3.8, 4) is 11.8 Å². The number of aromatic amines is 1. The van der Waals surface area contributed by atoms with Crippen LogP contribution in [0.2, 0.25) is 0 Å². The lowest BCUT2D eigenvalue weighted by atomic mass is 10.1. The second-order valence-electron chi connectivity index (χ2n) is 3.06. The zero-order chi connectivity index (χ0) is 10.8. The first-order chi connectivity index (χ1) is 7.26. The van der Waals surface area contributed by atoms with E-state index < -0.39 is 0 Å². The SMILES string of the molecule is COc1cc2c(=O)[nH]ccc2cc1C#N. The number of fused-ring (bicyclic) bond motifs is 1. The zero-order valence-corrected chi connectivity index (χ0v) is 8.07. The van der Waals surface area contributed by atoms with Gasteiger partial charge in [0.2, 0.25) is 0 Å². The summed E-state index contributed by atoms with van der Waals surface area (Å²) in [6.07, 6.45) is 1.55. The summed E-state index contributed by atoms with van der Waals surface area (Å²) in [4.78, 5) is 14.0. The minimum atomic E-state index is -0.185. The number of pyridine rings is 1. The van der Waals surface area contributed by atoms with Crippen LogP contribution < -0.4 is 10.3 Å². The van der Waals surface area contributed by atoms with E-state index in [0.717, 1.165) is 5.39 Å². The number of hydrogen-bond donors (Lipinski definition) is 1. The first-order valence-corrected chi connectivity index (χ1v) is 4.36. The van der Waals surface area contributed by atoms with Crippen LogP contribution in [0, 0.1) is 11.3 Å². The van der Waals surface area contributed by atoms with E-state index in [0.29, 0.717) is 16.7 Å². The molecule has 0 unspecified atom stereocenters. The molecule has 1 heterocycles. The molecular formula is C11H8N2O2. The Morgan fingerprint density at radius 3 is 2.93 bits per heavy atom. The Kier molecular flexibility index (Phi) is 2.14. The van der Waals surface area contributed by atoms with Crippen molar-refractivity contribution in [2.24, 2.45) is 0 Å². The molecule has 2 rings (SSSR count). The van der Waals surface area contributed by atoms with Gasteiger partial charge >= 0.3 is 0 Å². The summed E-state index contributed by atoms with van der Waals surface area (Å²) in [6, 6.07) is 6.99. The van der Waals surface area contributed by atoms with Gasteiger partial charge in [0.15, 0.2) is 0 Å². The number of aromatic nitrogens is 1. The van der Waals surface area contributed by atoms with Crippen molar-refractivity contribution >= 4 is 10.8 Å². The number of hydrogen-bond acceptors (Lipinski definition) is 3.